The number of hydrogen-bond acceptors (Lipinski definition) is 3. The number of rotatable bonds is 5. The molecule has 0 aromatic carbocycles. The minimum atomic E-state index is -0.457. The Hall–Kier alpha value is -1.10. The molecular weight excluding hydrogens is 206 g/mol. The zero-order valence-corrected chi connectivity index (χ0v) is 10.0. The minimum Gasteiger partial charge on any atom is -0.354 e. The van der Waals surface area contributed by atoms with Crippen LogP contribution in [0.1, 0.15) is 33.1 Å². The van der Waals surface area contributed by atoms with Crippen LogP contribution in [0.4, 0.5) is 0 Å². The smallest absolute Gasteiger partial charge is 0.242 e. The lowest BCUT2D eigenvalue weighted by atomic mass is 10.2. The quantitative estimate of drug-likeness (QED) is 0.607. The molecule has 1 aliphatic heterocycles. The van der Waals surface area contributed by atoms with Crippen molar-refractivity contribution in [3.63, 3.8) is 0 Å². The van der Waals surface area contributed by atoms with Gasteiger partial charge in [-0.05, 0) is 32.7 Å². The van der Waals surface area contributed by atoms with Crippen LogP contribution in [-0.4, -0.2) is 37.0 Å². The Kier molecular flexibility index (Phi) is 5.25. The van der Waals surface area contributed by atoms with Crippen molar-refractivity contribution in [2.45, 2.75) is 45.2 Å². The zero-order valence-electron chi connectivity index (χ0n) is 10.0. The van der Waals surface area contributed by atoms with Gasteiger partial charge < -0.3 is 16.0 Å². The third-order valence-corrected chi connectivity index (χ3v) is 2.68. The van der Waals surface area contributed by atoms with Crippen molar-refractivity contribution in [2.75, 3.05) is 13.1 Å². The number of amides is 2. The summed E-state index contributed by atoms with van der Waals surface area (Å²) in [7, 11) is 0. The van der Waals surface area contributed by atoms with Crippen LogP contribution in [0, 0.1) is 0 Å². The Morgan fingerprint density at radius 1 is 1.50 bits per heavy atom. The van der Waals surface area contributed by atoms with E-state index in [0.29, 0.717) is 6.54 Å². The van der Waals surface area contributed by atoms with Crippen LogP contribution >= 0.6 is 0 Å². The van der Waals surface area contributed by atoms with Crippen molar-refractivity contribution < 1.29 is 9.59 Å². The van der Waals surface area contributed by atoms with E-state index in [0.717, 1.165) is 25.8 Å². The first-order valence-electron chi connectivity index (χ1n) is 5.96. The van der Waals surface area contributed by atoms with Crippen LogP contribution < -0.4 is 16.0 Å². The second-order valence-electron chi connectivity index (χ2n) is 4.17. The molecule has 0 spiro atoms. The van der Waals surface area contributed by atoms with Crippen LogP contribution in [0.3, 0.4) is 0 Å². The van der Waals surface area contributed by atoms with Crippen molar-refractivity contribution in [2.24, 2.45) is 0 Å². The average Bonchev–Trinajstić information content (AvgIpc) is 2.79. The van der Waals surface area contributed by atoms with Gasteiger partial charge in [0.2, 0.25) is 11.8 Å². The van der Waals surface area contributed by atoms with Crippen molar-refractivity contribution in [1.29, 1.82) is 0 Å². The molecule has 1 aliphatic rings. The van der Waals surface area contributed by atoms with E-state index < -0.39 is 6.04 Å². The van der Waals surface area contributed by atoms with E-state index in [4.69, 9.17) is 0 Å². The summed E-state index contributed by atoms with van der Waals surface area (Å²) in [6.45, 7) is 5.24. The molecule has 3 N–H and O–H groups in total. The van der Waals surface area contributed by atoms with E-state index >= 15 is 0 Å². The monoisotopic (exact) mass is 227 g/mol. The summed E-state index contributed by atoms with van der Waals surface area (Å²) in [4.78, 5) is 23.2. The molecule has 1 saturated heterocycles. The van der Waals surface area contributed by atoms with Gasteiger partial charge in [-0.1, -0.05) is 6.92 Å². The molecule has 92 valence electrons. The molecule has 16 heavy (non-hydrogen) atoms. The molecule has 5 nitrogen and oxygen atoms in total. The summed E-state index contributed by atoms with van der Waals surface area (Å²) in [6.07, 6.45) is 2.78. The molecule has 1 unspecified atom stereocenters. The Morgan fingerprint density at radius 2 is 2.25 bits per heavy atom. The Bertz CT molecular complexity index is 250. The molecule has 0 aromatic heterocycles. The predicted molar refractivity (Wildman–Crippen MR) is 61.9 cm³/mol. The first-order valence-corrected chi connectivity index (χ1v) is 5.96. The fourth-order valence-electron chi connectivity index (χ4n) is 1.69. The van der Waals surface area contributed by atoms with Gasteiger partial charge in [0, 0.05) is 6.54 Å². The highest BCUT2D eigenvalue weighted by Crippen LogP contribution is 2.04. The van der Waals surface area contributed by atoms with E-state index in [1.165, 1.54) is 0 Å². The fraction of sp³-hybridized carbons (Fsp3) is 0.818. The lowest BCUT2D eigenvalue weighted by molar-refractivity contribution is -0.129. The predicted octanol–water partition coefficient (Wildman–Crippen LogP) is -0.231. The highest BCUT2D eigenvalue weighted by molar-refractivity contribution is 5.89. The Balaban J connectivity index is 2.29. The SMILES string of the molecule is CCCNC(=O)C(C)NC(=O)[C@@H]1CCCN1. The number of nitrogens with one attached hydrogen (secondary N) is 3. The van der Waals surface area contributed by atoms with Gasteiger partial charge in [-0.15, -0.1) is 0 Å². The van der Waals surface area contributed by atoms with Gasteiger partial charge in [0.1, 0.15) is 6.04 Å². The molecule has 2 amide bonds. The van der Waals surface area contributed by atoms with Gasteiger partial charge in [-0.2, -0.15) is 0 Å². The molecular formula is C11H21N3O2. The van der Waals surface area contributed by atoms with E-state index in [1.807, 2.05) is 6.92 Å². The van der Waals surface area contributed by atoms with E-state index in [-0.39, 0.29) is 17.9 Å². The Labute approximate surface area is 96.4 Å². The van der Waals surface area contributed by atoms with Crippen LogP contribution in [0.2, 0.25) is 0 Å². The average molecular weight is 227 g/mol. The van der Waals surface area contributed by atoms with E-state index in [2.05, 4.69) is 16.0 Å². The van der Waals surface area contributed by atoms with E-state index in [1.54, 1.807) is 6.92 Å². The van der Waals surface area contributed by atoms with Crippen molar-refractivity contribution in [1.82, 2.24) is 16.0 Å². The third-order valence-electron chi connectivity index (χ3n) is 2.68. The molecule has 0 bridgehead atoms. The first kappa shape index (κ1) is 13.0. The summed E-state index contributed by atoms with van der Waals surface area (Å²) >= 11 is 0. The Morgan fingerprint density at radius 3 is 2.81 bits per heavy atom. The lowest BCUT2D eigenvalue weighted by Gasteiger charge is -2.16. The fourth-order valence-corrected chi connectivity index (χ4v) is 1.69. The van der Waals surface area contributed by atoms with Crippen LogP contribution in [0.15, 0.2) is 0 Å². The molecule has 0 saturated carbocycles. The number of carbonyl (C=O) groups excluding carboxylic acids is 2. The summed E-state index contributed by atoms with van der Waals surface area (Å²) in [5.41, 5.74) is 0. The van der Waals surface area contributed by atoms with E-state index in [9.17, 15) is 9.59 Å². The topological polar surface area (TPSA) is 70.2 Å². The van der Waals surface area contributed by atoms with Crippen LogP contribution in [0.25, 0.3) is 0 Å². The maximum absolute atomic E-state index is 11.7. The summed E-state index contributed by atoms with van der Waals surface area (Å²) < 4.78 is 0. The zero-order chi connectivity index (χ0) is 12.0. The second-order valence-corrected chi connectivity index (χ2v) is 4.17. The molecule has 0 radical (unpaired) electrons. The third kappa shape index (κ3) is 3.81. The van der Waals surface area contributed by atoms with Crippen molar-refractivity contribution in [3.8, 4) is 0 Å². The maximum Gasteiger partial charge on any atom is 0.242 e. The lowest BCUT2D eigenvalue weighted by Crippen LogP contribution is -2.50. The molecule has 0 aliphatic carbocycles. The summed E-state index contributed by atoms with van der Waals surface area (Å²) in [6, 6.07) is -0.581. The van der Waals surface area contributed by atoms with Crippen LogP contribution in [-0.2, 0) is 9.59 Å². The molecule has 1 fully saturated rings. The van der Waals surface area contributed by atoms with Gasteiger partial charge >= 0.3 is 0 Å². The molecule has 2 atom stereocenters. The van der Waals surface area contributed by atoms with Gasteiger partial charge in [-0.25, -0.2) is 0 Å². The van der Waals surface area contributed by atoms with Crippen LogP contribution in [0.5, 0.6) is 0 Å². The second kappa shape index (κ2) is 6.48. The molecule has 1 heterocycles. The molecule has 0 aromatic rings. The highest BCUT2D eigenvalue weighted by Gasteiger charge is 2.24. The van der Waals surface area contributed by atoms with Crippen molar-refractivity contribution >= 4 is 11.8 Å². The maximum atomic E-state index is 11.7. The normalized spacial score (nSPS) is 21.5. The largest absolute Gasteiger partial charge is 0.354 e. The highest BCUT2D eigenvalue weighted by atomic mass is 16.2. The number of carbonyl (C=O) groups is 2. The van der Waals surface area contributed by atoms with Crippen molar-refractivity contribution in [3.05, 3.63) is 0 Å². The van der Waals surface area contributed by atoms with Gasteiger partial charge in [-0.3, -0.25) is 9.59 Å². The minimum absolute atomic E-state index is 0.0725. The standard InChI is InChI=1S/C11H21N3O2/c1-3-6-13-10(15)8(2)14-11(16)9-5-4-7-12-9/h8-9,12H,3-7H2,1-2H3,(H,13,15)(H,14,16)/t8?,9-/m0/s1. The molecule has 5 heteroatoms. The molecule has 1 rings (SSSR count). The first-order chi connectivity index (χ1) is 7.65. The van der Waals surface area contributed by atoms with Gasteiger partial charge in [0.05, 0.1) is 6.04 Å². The number of hydrogen-bond donors (Lipinski definition) is 3. The summed E-state index contributed by atoms with van der Waals surface area (Å²) in [5.74, 6) is -0.190. The van der Waals surface area contributed by atoms with Gasteiger partial charge in [0.15, 0.2) is 0 Å². The van der Waals surface area contributed by atoms with Gasteiger partial charge in [0.25, 0.3) is 0 Å². The summed E-state index contributed by atoms with van der Waals surface area (Å²) in [5, 5.41) is 8.57.